The number of aromatic carboxylic acids is 1. The Morgan fingerprint density at radius 3 is 2.56 bits per heavy atom. The van der Waals surface area contributed by atoms with Crippen LogP contribution < -0.4 is 10.0 Å². The number of hydrogen-bond acceptors (Lipinski definition) is 5. The fourth-order valence-corrected chi connectivity index (χ4v) is 3.22. The molecule has 1 heterocycles. The summed E-state index contributed by atoms with van der Waals surface area (Å²) in [6.07, 6.45) is 0. The summed E-state index contributed by atoms with van der Waals surface area (Å²) in [6.45, 7) is 1.54. The fourth-order valence-electron chi connectivity index (χ4n) is 1.08. The van der Waals surface area contributed by atoms with Gasteiger partial charge in [-0.2, -0.15) is 0 Å². The van der Waals surface area contributed by atoms with Gasteiger partial charge in [-0.15, -0.1) is 11.3 Å². The third-order valence-electron chi connectivity index (χ3n) is 1.89. The second-order valence-electron chi connectivity index (χ2n) is 3.33. The topological polar surface area (TPSA) is 113 Å². The molecular weight excluding hydrogens is 280 g/mol. The molecule has 0 aromatic carbocycles. The van der Waals surface area contributed by atoms with Gasteiger partial charge in [0.2, 0.25) is 15.9 Å². The second-order valence-corrected chi connectivity index (χ2v) is 6.01. The Labute approximate surface area is 108 Å². The van der Waals surface area contributed by atoms with Crippen molar-refractivity contribution in [2.45, 2.75) is 11.8 Å². The molecule has 0 aliphatic carbocycles. The van der Waals surface area contributed by atoms with Crippen LogP contribution in [-0.2, 0) is 14.8 Å². The van der Waals surface area contributed by atoms with Crippen molar-refractivity contribution in [3.8, 4) is 0 Å². The predicted molar refractivity (Wildman–Crippen MR) is 65.2 cm³/mol. The zero-order valence-corrected chi connectivity index (χ0v) is 11.1. The first-order valence-corrected chi connectivity index (χ1v) is 7.25. The molecule has 9 heteroatoms. The van der Waals surface area contributed by atoms with Crippen molar-refractivity contribution in [2.75, 3.05) is 13.1 Å². The number of nitrogens with one attached hydrogen (secondary N) is 2. The lowest BCUT2D eigenvalue weighted by Gasteiger charge is -2.05. The third kappa shape index (κ3) is 4.09. The van der Waals surface area contributed by atoms with Crippen LogP contribution in [0.2, 0.25) is 0 Å². The summed E-state index contributed by atoms with van der Waals surface area (Å²) in [4.78, 5) is 21.1. The number of carbonyl (C=O) groups excluding carboxylic acids is 1. The number of carbonyl (C=O) groups is 2. The molecule has 1 amide bonds. The van der Waals surface area contributed by atoms with E-state index in [2.05, 4.69) is 10.0 Å². The molecule has 0 spiro atoms. The summed E-state index contributed by atoms with van der Waals surface area (Å²) in [5.41, 5.74) is 0. The van der Waals surface area contributed by atoms with Crippen molar-refractivity contribution >= 4 is 33.2 Å². The molecule has 0 saturated carbocycles. The number of thiophene rings is 1. The third-order valence-corrected chi connectivity index (χ3v) is 4.40. The molecule has 7 nitrogen and oxygen atoms in total. The zero-order valence-electron chi connectivity index (χ0n) is 9.47. The monoisotopic (exact) mass is 292 g/mol. The van der Waals surface area contributed by atoms with Crippen LogP contribution in [0.25, 0.3) is 0 Å². The average Bonchev–Trinajstić information content (AvgIpc) is 2.74. The highest BCUT2D eigenvalue weighted by Crippen LogP contribution is 2.18. The van der Waals surface area contributed by atoms with E-state index in [-0.39, 0.29) is 28.8 Å². The van der Waals surface area contributed by atoms with Gasteiger partial charge in [0, 0.05) is 25.4 Å². The van der Waals surface area contributed by atoms with Crippen LogP contribution >= 0.6 is 11.3 Å². The minimum Gasteiger partial charge on any atom is -0.477 e. The molecule has 0 saturated heterocycles. The van der Waals surface area contributed by atoms with Crippen molar-refractivity contribution in [3.63, 3.8) is 0 Å². The van der Waals surface area contributed by atoms with Crippen molar-refractivity contribution in [2.24, 2.45) is 0 Å². The van der Waals surface area contributed by atoms with Gasteiger partial charge in [0.05, 0.1) is 4.90 Å². The average molecular weight is 292 g/mol. The van der Waals surface area contributed by atoms with Crippen molar-refractivity contribution < 1.29 is 23.1 Å². The Balaban J connectivity index is 2.62. The lowest BCUT2D eigenvalue weighted by molar-refractivity contribution is -0.118. The number of hydrogen-bond donors (Lipinski definition) is 3. The van der Waals surface area contributed by atoms with Gasteiger partial charge in [0.25, 0.3) is 0 Å². The number of carboxylic acid groups (broad SMARTS) is 1. The molecule has 0 bridgehead atoms. The maximum Gasteiger partial charge on any atom is 0.345 e. The first-order chi connectivity index (χ1) is 8.33. The molecule has 1 aromatic rings. The van der Waals surface area contributed by atoms with Gasteiger partial charge < -0.3 is 10.4 Å². The van der Waals surface area contributed by atoms with Crippen LogP contribution in [0, 0.1) is 0 Å². The minimum absolute atomic E-state index is 0.0418. The summed E-state index contributed by atoms with van der Waals surface area (Å²) >= 11 is 0.840. The highest BCUT2D eigenvalue weighted by molar-refractivity contribution is 7.89. The standard InChI is InChI=1S/C9H12N2O5S2/c1-6(12)10-2-3-11-18(15,16)7-4-8(9(13)14)17-5-7/h4-5,11H,2-3H2,1H3,(H,10,12)(H,13,14). The number of sulfonamides is 1. The normalized spacial score (nSPS) is 11.2. The highest BCUT2D eigenvalue weighted by Gasteiger charge is 2.17. The lowest BCUT2D eigenvalue weighted by Crippen LogP contribution is -2.33. The summed E-state index contributed by atoms with van der Waals surface area (Å²) < 4.78 is 25.7. The highest BCUT2D eigenvalue weighted by atomic mass is 32.2. The van der Waals surface area contributed by atoms with Crippen molar-refractivity contribution in [3.05, 3.63) is 16.3 Å². The summed E-state index contributed by atoms with van der Waals surface area (Å²) in [7, 11) is -3.73. The molecule has 0 aliphatic rings. The van der Waals surface area contributed by atoms with Crippen LogP contribution in [0.5, 0.6) is 0 Å². The van der Waals surface area contributed by atoms with E-state index in [9.17, 15) is 18.0 Å². The van der Waals surface area contributed by atoms with Crippen molar-refractivity contribution in [1.82, 2.24) is 10.0 Å². The SMILES string of the molecule is CC(=O)NCCNS(=O)(=O)c1csc(C(=O)O)c1. The predicted octanol–water partition coefficient (Wildman–Crippen LogP) is -0.139. The van der Waals surface area contributed by atoms with Gasteiger partial charge in [-0.25, -0.2) is 17.9 Å². The molecule has 0 atom stereocenters. The maximum absolute atomic E-state index is 11.7. The van der Waals surface area contributed by atoms with Crippen LogP contribution in [-0.4, -0.2) is 38.5 Å². The molecule has 1 rings (SSSR count). The Morgan fingerprint density at radius 1 is 1.39 bits per heavy atom. The largest absolute Gasteiger partial charge is 0.477 e. The Bertz CT molecular complexity index is 549. The molecule has 1 aromatic heterocycles. The van der Waals surface area contributed by atoms with Gasteiger partial charge in [-0.3, -0.25) is 4.79 Å². The van der Waals surface area contributed by atoms with E-state index in [4.69, 9.17) is 5.11 Å². The molecule has 3 N–H and O–H groups in total. The van der Waals surface area contributed by atoms with Gasteiger partial charge in [0.15, 0.2) is 0 Å². The van der Waals surface area contributed by atoms with Gasteiger partial charge in [-0.1, -0.05) is 0 Å². The molecule has 100 valence electrons. The van der Waals surface area contributed by atoms with Crippen LogP contribution in [0.3, 0.4) is 0 Å². The van der Waals surface area contributed by atoms with Gasteiger partial charge in [-0.05, 0) is 6.07 Å². The Kier molecular flexibility index (Phi) is 4.82. The smallest absolute Gasteiger partial charge is 0.345 e. The van der Waals surface area contributed by atoms with E-state index in [1.165, 1.54) is 12.3 Å². The number of rotatable bonds is 6. The minimum atomic E-state index is -3.73. The molecule has 0 aliphatic heterocycles. The summed E-state index contributed by atoms with van der Waals surface area (Å²) in [5, 5.41) is 12.4. The molecular formula is C9H12N2O5S2. The maximum atomic E-state index is 11.7. The fraction of sp³-hybridized carbons (Fsp3) is 0.333. The molecule has 0 unspecified atom stereocenters. The second kappa shape index (κ2) is 5.94. The van der Waals surface area contributed by atoms with E-state index in [1.54, 1.807) is 0 Å². The Morgan fingerprint density at radius 2 is 2.06 bits per heavy atom. The van der Waals surface area contributed by atoms with Crippen LogP contribution in [0.15, 0.2) is 16.3 Å². The lowest BCUT2D eigenvalue weighted by atomic mass is 10.5. The Hall–Kier alpha value is -1.45. The van der Waals surface area contributed by atoms with E-state index in [1.807, 2.05) is 0 Å². The van der Waals surface area contributed by atoms with Gasteiger partial charge >= 0.3 is 5.97 Å². The number of carboxylic acids is 1. The first-order valence-electron chi connectivity index (χ1n) is 4.89. The van der Waals surface area contributed by atoms with E-state index >= 15 is 0 Å². The molecule has 18 heavy (non-hydrogen) atoms. The van der Waals surface area contributed by atoms with Crippen LogP contribution in [0.4, 0.5) is 0 Å². The van der Waals surface area contributed by atoms with E-state index < -0.39 is 16.0 Å². The van der Waals surface area contributed by atoms with E-state index in [0.29, 0.717) is 0 Å². The van der Waals surface area contributed by atoms with E-state index in [0.717, 1.165) is 17.4 Å². The first kappa shape index (κ1) is 14.6. The number of amides is 1. The zero-order chi connectivity index (χ0) is 13.8. The van der Waals surface area contributed by atoms with Crippen molar-refractivity contribution in [1.29, 1.82) is 0 Å². The summed E-state index contributed by atoms with van der Waals surface area (Å²) in [5.74, 6) is -1.42. The molecule has 0 fully saturated rings. The van der Waals surface area contributed by atoms with Gasteiger partial charge in [0.1, 0.15) is 4.88 Å². The van der Waals surface area contributed by atoms with Crippen LogP contribution in [0.1, 0.15) is 16.6 Å². The quantitative estimate of drug-likeness (QED) is 0.632. The molecule has 0 radical (unpaired) electrons. The summed E-state index contributed by atoms with van der Waals surface area (Å²) in [6, 6.07) is 1.09.